The van der Waals surface area contributed by atoms with E-state index in [4.69, 9.17) is 10.00 Å². The van der Waals surface area contributed by atoms with Crippen LogP contribution in [0.25, 0.3) is 0 Å². The average molecular weight is 289 g/mol. The topological polar surface area (TPSA) is 33.0 Å². The van der Waals surface area contributed by atoms with Crippen molar-refractivity contribution in [2.75, 3.05) is 0 Å². The lowest BCUT2D eigenvalue weighted by Crippen LogP contribution is -1.99. The van der Waals surface area contributed by atoms with Gasteiger partial charge in [0.05, 0.1) is 11.6 Å². The van der Waals surface area contributed by atoms with Gasteiger partial charge in [0, 0.05) is 11.0 Å². The second-order valence-electron chi connectivity index (χ2n) is 6.12. The third-order valence-corrected chi connectivity index (χ3v) is 2.92. The summed E-state index contributed by atoms with van der Waals surface area (Å²) in [6.45, 7) is 6.76. The minimum atomic E-state index is 0.00472. The molecule has 0 radical (unpaired) electrons. The highest BCUT2D eigenvalue weighted by Crippen LogP contribution is 2.15. The highest BCUT2D eigenvalue weighted by atomic mass is 16.5. The first-order valence-electron chi connectivity index (χ1n) is 7.21. The first kappa shape index (κ1) is 15.7. The van der Waals surface area contributed by atoms with Gasteiger partial charge in [-0.15, -0.1) is 0 Å². The van der Waals surface area contributed by atoms with Crippen molar-refractivity contribution in [1.82, 2.24) is 0 Å². The molecule has 2 heteroatoms. The summed E-state index contributed by atoms with van der Waals surface area (Å²) in [5.74, 6) is 7.18. The van der Waals surface area contributed by atoms with Gasteiger partial charge in [0.25, 0.3) is 0 Å². The summed E-state index contributed by atoms with van der Waals surface area (Å²) in [5, 5.41) is 8.76. The minimum Gasteiger partial charge on any atom is -0.489 e. The zero-order valence-electron chi connectivity index (χ0n) is 13.2. The molecule has 0 amide bonds. The Morgan fingerprint density at radius 2 is 1.50 bits per heavy atom. The van der Waals surface area contributed by atoms with Crippen LogP contribution in [0.5, 0.6) is 5.75 Å². The fourth-order valence-corrected chi connectivity index (χ4v) is 1.74. The Morgan fingerprint density at radius 1 is 0.909 bits per heavy atom. The summed E-state index contributed by atoms with van der Waals surface area (Å²) in [7, 11) is 0. The van der Waals surface area contributed by atoms with Crippen LogP contribution in [0, 0.1) is 28.6 Å². The lowest BCUT2D eigenvalue weighted by Gasteiger charge is -2.08. The number of nitriles is 1. The SMILES string of the molecule is CC(C)(C)C#Cc1ccc(OCc2ccc(C#N)cc2)cc1. The number of rotatable bonds is 3. The maximum Gasteiger partial charge on any atom is 0.119 e. The van der Waals surface area contributed by atoms with E-state index in [0.717, 1.165) is 16.9 Å². The fourth-order valence-electron chi connectivity index (χ4n) is 1.74. The Morgan fingerprint density at radius 3 is 2.05 bits per heavy atom. The molecule has 2 rings (SSSR count). The molecular weight excluding hydrogens is 270 g/mol. The molecule has 0 saturated carbocycles. The zero-order valence-corrected chi connectivity index (χ0v) is 13.2. The van der Waals surface area contributed by atoms with Crippen molar-refractivity contribution >= 4 is 0 Å². The highest BCUT2D eigenvalue weighted by Gasteiger charge is 2.03. The lowest BCUT2D eigenvalue weighted by molar-refractivity contribution is 0.306. The van der Waals surface area contributed by atoms with E-state index in [2.05, 4.69) is 38.7 Å². The summed E-state index contributed by atoms with van der Waals surface area (Å²) in [4.78, 5) is 0. The number of hydrogen-bond acceptors (Lipinski definition) is 2. The summed E-state index contributed by atoms with van der Waals surface area (Å²) < 4.78 is 5.73. The first-order chi connectivity index (χ1) is 10.5. The van der Waals surface area contributed by atoms with E-state index in [0.29, 0.717) is 12.2 Å². The first-order valence-corrected chi connectivity index (χ1v) is 7.21. The van der Waals surface area contributed by atoms with E-state index in [1.54, 1.807) is 12.1 Å². The van der Waals surface area contributed by atoms with Gasteiger partial charge in [-0.2, -0.15) is 5.26 Å². The molecule has 0 bridgehead atoms. The molecule has 2 nitrogen and oxygen atoms in total. The molecule has 22 heavy (non-hydrogen) atoms. The van der Waals surface area contributed by atoms with Gasteiger partial charge in [-0.25, -0.2) is 0 Å². The third kappa shape index (κ3) is 5.00. The van der Waals surface area contributed by atoms with Gasteiger partial charge in [-0.3, -0.25) is 0 Å². The molecule has 0 N–H and O–H groups in total. The van der Waals surface area contributed by atoms with Crippen LogP contribution in [0.15, 0.2) is 48.5 Å². The van der Waals surface area contributed by atoms with Crippen LogP contribution in [-0.4, -0.2) is 0 Å². The van der Waals surface area contributed by atoms with Crippen molar-refractivity contribution in [1.29, 1.82) is 5.26 Å². The Bertz CT molecular complexity index is 717. The molecule has 0 heterocycles. The van der Waals surface area contributed by atoms with Crippen molar-refractivity contribution in [3.05, 3.63) is 65.2 Å². The van der Waals surface area contributed by atoms with Gasteiger partial charge >= 0.3 is 0 Å². The molecule has 0 aliphatic carbocycles. The number of benzene rings is 2. The van der Waals surface area contributed by atoms with Gasteiger partial charge in [-0.05, 0) is 62.7 Å². The summed E-state index contributed by atoms with van der Waals surface area (Å²) in [6.07, 6.45) is 0. The van der Waals surface area contributed by atoms with Gasteiger partial charge in [0.2, 0.25) is 0 Å². The van der Waals surface area contributed by atoms with E-state index in [1.807, 2.05) is 36.4 Å². The standard InChI is InChI=1S/C20H19NO/c1-20(2,3)13-12-16-8-10-19(11-9-16)22-15-18-6-4-17(14-21)5-7-18/h4-11H,15H2,1-3H3. The van der Waals surface area contributed by atoms with Gasteiger partial charge in [0.1, 0.15) is 12.4 Å². The number of nitrogens with zero attached hydrogens (tertiary/aromatic N) is 1. The monoisotopic (exact) mass is 289 g/mol. The molecule has 0 unspecified atom stereocenters. The largest absolute Gasteiger partial charge is 0.489 e. The molecule has 2 aromatic rings. The minimum absolute atomic E-state index is 0.00472. The molecule has 0 spiro atoms. The van der Waals surface area contributed by atoms with Crippen LogP contribution in [0.2, 0.25) is 0 Å². The number of hydrogen-bond donors (Lipinski definition) is 0. The molecule has 0 aliphatic rings. The van der Waals surface area contributed by atoms with Crippen LogP contribution in [0.4, 0.5) is 0 Å². The zero-order chi connectivity index (χ0) is 16.0. The molecular formula is C20H19NO. The molecule has 0 saturated heterocycles. The quantitative estimate of drug-likeness (QED) is 0.777. The third-order valence-electron chi connectivity index (χ3n) is 2.92. The smallest absolute Gasteiger partial charge is 0.119 e. The maximum absolute atomic E-state index is 8.76. The van der Waals surface area contributed by atoms with E-state index in [1.165, 1.54) is 0 Å². The lowest BCUT2D eigenvalue weighted by atomic mass is 9.97. The predicted molar refractivity (Wildman–Crippen MR) is 88.3 cm³/mol. The van der Waals surface area contributed by atoms with Crippen LogP contribution in [0.3, 0.4) is 0 Å². The van der Waals surface area contributed by atoms with Crippen molar-refractivity contribution in [3.8, 4) is 23.7 Å². The van der Waals surface area contributed by atoms with E-state index < -0.39 is 0 Å². The van der Waals surface area contributed by atoms with E-state index >= 15 is 0 Å². The van der Waals surface area contributed by atoms with Crippen molar-refractivity contribution in [2.45, 2.75) is 27.4 Å². The average Bonchev–Trinajstić information content (AvgIpc) is 2.52. The Kier molecular flexibility index (Phi) is 4.87. The molecule has 0 aromatic heterocycles. The van der Waals surface area contributed by atoms with E-state index in [-0.39, 0.29) is 5.41 Å². The van der Waals surface area contributed by atoms with Crippen LogP contribution in [0.1, 0.15) is 37.5 Å². The molecule has 0 atom stereocenters. The summed E-state index contributed by atoms with van der Waals surface area (Å²) in [6, 6.07) is 17.3. The van der Waals surface area contributed by atoms with E-state index in [9.17, 15) is 0 Å². The molecule has 0 fully saturated rings. The van der Waals surface area contributed by atoms with Gasteiger partial charge < -0.3 is 4.74 Å². The van der Waals surface area contributed by atoms with Gasteiger partial charge in [-0.1, -0.05) is 24.0 Å². The predicted octanol–water partition coefficient (Wildman–Crippen LogP) is 4.53. The van der Waals surface area contributed by atoms with Crippen LogP contribution >= 0.6 is 0 Å². The van der Waals surface area contributed by atoms with Crippen LogP contribution < -0.4 is 4.74 Å². The summed E-state index contributed by atoms with van der Waals surface area (Å²) >= 11 is 0. The second kappa shape index (κ2) is 6.83. The Balaban J connectivity index is 1.96. The van der Waals surface area contributed by atoms with Crippen LogP contribution in [-0.2, 0) is 6.61 Å². The Labute approximate surface area is 132 Å². The maximum atomic E-state index is 8.76. The highest BCUT2D eigenvalue weighted by molar-refractivity contribution is 5.39. The normalized spacial score (nSPS) is 10.3. The molecule has 110 valence electrons. The number of ether oxygens (including phenoxy) is 1. The molecule has 0 aliphatic heterocycles. The second-order valence-corrected chi connectivity index (χ2v) is 6.12. The van der Waals surface area contributed by atoms with Crippen molar-refractivity contribution < 1.29 is 4.74 Å². The molecule has 2 aromatic carbocycles. The van der Waals surface area contributed by atoms with Crippen molar-refractivity contribution in [2.24, 2.45) is 5.41 Å². The van der Waals surface area contributed by atoms with Crippen molar-refractivity contribution in [3.63, 3.8) is 0 Å². The fraction of sp³-hybridized carbons (Fsp3) is 0.250. The van der Waals surface area contributed by atoms with Gasteiger partial charge in [0.15, 0.2) is 0 Å². The Hall–Kier alpha value is -2.71. The summed E-state index contributed by atoms with van der Waals surface area (Å²) in [5.41, 5.74) is 2.69.